The van der Waals surface area contributed by atoms with Crippen LogP contribution in [-0.2, 0) is 11.8 Å². The molecule has 28 heavy (non-hydrogen) atoms. The van der Waals surface area contributed by atoms with Crippen molar-refractivity contribution in [3.8, 4) is 11.1 Å². The van der Waals surface area contributed by atoms with E-state index >= 15 is 0 Å². The van der Waals surface area contributed by atoms with Crippen LogP contribution in [0.15, 0.2) is 30.3 Å². The van der Waals surface area contributed by atoms with Crippen LogP contribution in [0.4, 0.5) is 17.3 Å². The zero-order valence-corrected chi connectivity index (χ0v) is 15.8. The molecule has 4 N–H and O–H groups in total. The van der Waals surface area contributed by atoms with Gasteiger partial charge in [-0.25, -0.2) is 9.67 Å². The Hall–Kier alpha value is -3.29. The number of nitrogens with two attached hydrogens (primary N) is 2. The van der Waals surface area contributed by atoms with Crippen molar-refractivity contribution in [2.24, 2.45) is 7.05 Å². The van der Waals surface area contributed by atoms with E-state index in [4.69, 9.17) is 16.5 Å². The topological polar surface area (TPSA) is 106 Å². The number of amides is 1. The Bertz CT molecular complexity index is 1070. The Morgan fingerprint density at radius 2 is 1.93 bits per heavy atom. The first kappa shape index (κ1) is 16.9. The molecule has 0 unspecified atom stereocenters. The summed E-state index contributed by atoms with van der Waals surface area (Å²) >= 11 is 0. The second-order valence-electron chi connectivity index (χ2n) is 7.58. The fraction of sp³-hybridized carbons (Fsp3) is 0.350. The number of aryl methyl sites for hydroxylation is 1. The average molecular weight is 377 g/mol. The summed E-state index contributed by atoms with van der Waals surface area (Å²) in [5, 5.41) is 5.23. The zero-order valence-electron chi connectivity index (χ0n) is 15.8. The maximum atomic E-state index is 12.0. The number of carbonyl (C=O) groups is 1. The first-order chi connectivity index (χ1) is 13.5. The highest BCUT2D eigenvalue weighted by molar-refractivity contribution is 6.01. The van der Waals surface area contributed by atoms with Crippen molar-refractivity contribution in [3.05, 3.63) is 30.3 Å². The molecule has 144 valence electrons. The van der Waals surface area contributed by atoms with Crippen LogP contribution >= 0.6 is 0 Å². The number of hydrogen-bond acceptors (Lipinski definition) is 6. The summed E-state index contributed by atoms with van der Waals surface area (Å²) in [5.74, 6) is 1.63. The lowest BCUT2D eigenvalue weighted by molar-refractivity contribution is -0.129. The molecule has 0 aliphatic carbocycles. The van der Waals surface area contributed by atoms with Crippen LogP contribution < -0.4 is 16.4 Å². The first-order valence-corrected chi connectivity index (χ1v) is 9.55. The number of nitrogen functional groups attached to an aromatic ring is 2. The van der Waals surface area contributed by atoms with Crippen LogP contribution in [-0.4, -0.2) is 51.2 Å². The SMILES string of the molecule is Cn1nc(N)c2c(-c3ccc(N)cc3)cc(N3CCN4C(=O)CC[C@H]4C3)nc21. The number of pyridine rings is 1. The van der Waals surface area contributed by atoms with Crippen molar-refractivity contribution in [3.63, 3.8) is 0 Å². The maximum absolute atomic E-state index is 12.0. The number of benzene rings is 1. The fourth-order valence-corrected chi connectivity index (χ4v) is 4.39. The molecule has 8 heteroatoms. The summed E-state index contributed by atoms with van der Waals surface area (Å²) in [6, 6.07) is 10.1. The zero-order chi connectivity index (χ0) is 19.4. The number of piperazine rings is 1. The molecule has 2 aliphatic heterocycles. The van der Waals surface area contributed by atoms with Crippen LogP contribution in [0.1, 0.15) is 12.8 Å². The molecule has 1 amide bonds. The number of hydrogen-bond donors (Lipinski definition) is 2. The number of rotatable bonds is 2. The number of anilines is 3. The fourth-order valence-electron chi connectivity index (χ4n) is 4.39. The minimum atomic E-state index is 0.273. The second kappa shape index (κ2) is 6.12. The van der Waals surface area contributed by atoms with E-state index in [0.29, 0.717) is 12.2 Å². The quantitative estimate of drug-likeness (QED) is 0.657. The van der Waals surface area contributed by atoms with Gasteiger partial charge in [-0.15, -0.1) is 0 Å². The van der Waals surface area contributed by atoms with Crippen molar-refractivity contribution in [1.82, 2.24) is 19.7 Å². The van der Waals surface area contributed by atoms with Crippen molar-refractivity contribution >= 4 is 34.3 Å². The predicted molar refractivity (Wildman–Crippen MR) is 110 cm³/mol. The maximum Gasteiger partial charge on any atom is 0.223 e. The van der Waals surface area contributed by atoms with Crippen LogP contribution in [0.5, 0.6) is 0 Å². The Morgan fingerprint density at radius 3 is 2.71 bits per heavy atom. The van der Waals surface area contributed by atoms with E-state index in [0.717, 1.165) is 59.7 Å². The van der Waals surface area contributed by atoms with Gasteiger partial charge in [0.2, 0.25) is 5.91 Å². The number of nitrogens with zero attached hydrogens (tertiary/aromatic N) is 5. The lowest BCUT2D eigenvalue weighted by Crippen LogP contribution is -2.51. The largest absolute Gasteiger partial charge is 0.399 e. The number of aromatic nitrogens is 3. The normalized spacial score (nSPS) is 19.5. The summed E-state index contributed by atoms with van der Waals surface area (Å²) in [5.41, 5.74) is 15.6. The Kier molecular flexibility index (Phi) is 3.68. The van der Waals surface area contributed by atoms with Gasteiger partial charge in [-0.2, -0.15) is 5.10 Å². The van der Waals surface area contributed by atoms with Crippen molar-refractivity contribution in [2.75, 3.05) is 36.0 Å². The van der Waals surface area contributed by atoms with Crippen molar-refractivity contribution in [1.29, 1.82) is 0 Å². The van der Waals surface area contributed by atoms with E-state index in [9.17, 15) is 4.79 Å². The highest BCUT2D eigenvalue weighted by atomic mass is 16.2. The van der Waals surface area contributed by atoms with Crippen LogP contribution in [0.2, 0.25) is 0 Å². The number of carbonyl (C=O) groups excluding carboxylic acids is 1. The van der Waals surface area contributed by atoms with E-state index in [1.807, 2.05) is 36.2 Å². The lowest BCUT2D eigenvalue weighted by atomic mass is 10.0. The van der Waals surface area contributed by atoms with Gasteiger partial charge in [0.05, 0.1) is 5.39 Å². The molecule has 8 nitrogen and oxygen atoms in total. The van der Waals surface area contributed by atoms with Crippen molar-refractivity contribution in [2.45, 2.75) is 18.9 Å². The van der Waals surface area contributed by atoms with Gasteiger partial charge in [0.15, 0.2) is 11.5 Å². The summed E-state index contributed by atoms with van der Waals surface area (Å²) in [6.45, 7) is 2.32. The van der Waals surface area contributed by atoms with Gasteiger partial charge >= 0.3 is 0 Å². The van der Waals surface area contributed by atoms with Gasteiger partial charge in [-0.1, -0.05) is 12.1 Å². The second-order valence-corrected chi connectivity index (χ2v) is 7.58. The molecule has 0 bridgehead atoms. The molecule has 1 aromatic carbocycles. The standard InChI is InChI=1S/C20H23N7O/c1-25-20-18(19(22)24-25)15(12-2-4-13(21)5-3-12)10-16(23-20)26-8-9-27-14(11-26)6-7-17(27)28/h2-5,10,14H,6-9,11,21H2,1H3,(H2,22,24)/t14-/m0/s1. The summed E-state index contributed by atoms with van der Waals surface area (Å²) in [4.78, 5) is 21.2. The van der Waals surface area contributed by atoms with E-state index < -0.39 is 0 Å². The molecule has 5 rings (SSSR count). The monoisotopic (exact) mass is 377 g/mol. The molecule has 0 saturated carbocycles. The third kappa shape index (κ3) is 2.56. The van der Waals surface area contributed by atoms with Gasteiger partial charge in [-0.05, 0) is 30.2 Å². The first-order valence-electron chi connectivity index (χ1n) is 9.55. The molecule has 2 aliphatic rings. The summed E-state index contributed by atoms with van der Waals surface area (Å²) in [6.07, 6.45) is 1.57. The molecule has 1 atom stereocenters. The Morgan fingerprint density at radius 1 is 1.14 bits per heavy atom. The highest BCUT2D eigenvalue weighted by Crippen LogP contribution is 2.36. The van der Waals surface area contributed by atoms with Gasteiger partial charge in [-0.3, -0.25) is 4.79 Å². The molecule has 3 aromatic rings. The number of fused-ring (bicyclic) bond motifs is 2. The minimum absolute atomic E-state index is 0.273. The smallest absolute Gasteiger partial charge is 0.223 e. The minimum Gasteiger partial charge on any atom is -0.399 e. The molecule has 4 heterocycles. The van der Waals surface area contributed by atoms with Crippen LogP contribution in [0.25, 0.3) is 22.2 Å². The Balaban J connectivity index is 1.61. The third-order valence-electron chi connectivity index (χ3n) is 5.85. The average Bonchev–Trinajstić information content (AvgIpc) is 3.21. The Labute approximate surface area is 162 Å². The van der Waals surface area contributed by atoms with Gasteiger partial charge in [0.1, 0.15) is 5.82 Å². The van der Waals surface area contributed by atoms with Gasteiger partial charge in [0, 0.05) is 50.4 Å². The van der Waals surface area contributed by atoms with E-state index in [-0.39, 0.29) is 11.9 Å². The summed E-state index contributed by atoms with van der Waals surface area (Å²) < 4.78 is 1.73. The van der Waals surface area contributed by atoms with E-state index in [2.05, 4.69) is 16.1 Å². The molecule has 2 aromatic heterocycles. The molecular weight excluding hydrogens is 354 g/mol. The van der Waals surface area contributed by atoms with Gasteiger partial charge in [0.25, 0.3) is 0 Å². The van der Waals surface area contributed by atoms with E-state index in [1.54, 1.807) is 4.68 Å². The lowest BCUT2D eigenvalue weighted by Gasteiger charge is -2.38. The predicted octanol–water partition coefficient (Wildman–Crippen LogP) is 1.61. The van der Waals surface area contributed by atoms with Crippen molar-refractivity contribution < 1.29 is 4.79 Å². The molecule has 0 spiro atoms. The van der Waals surface area contributed by atoms with Crippen LogP contribution in [0.3, 0.4) is 0 Å². The molecule has 0 radical (unpaired) electrons. The third-order valence-corrected chi connectivity index (χ3v) is 5.85. The molecule has 2 fully saturated rings. The molecular formula is C20H23N7O. The molecule has 2 saturated heterocycles. The van der Waals surface area contributed by atoms with E-state index in [1.165, 1.54) is 0 Å². The highest BCUT2D eigenvalue weighted by Gasteiger charge is 2.36. The van der Waals surface area contributed by atoms with Gasteiger partial charge < -0.3 is 21.3 Å². The summed E-state index contributed by atoms with van der Waals surface area (Å²) in [7, 11) is 1.86. The van der Waals surface area contributed by atoms with Crippen LogP contribution in [0, 0.1) is 0 Å².